The van der Waals surface area contributed by atoms with Crippen LogP contribution in [0.1, 0.15) is 117 Å². The van der Waals surface area contributed by atoms with E-state index in [0.717, 1.165) is 72.4 Å². The number of pyridine rings is 2. The topological polar surface area (TPSA) is 55.2 Å². The van der Waals surface area contributed by atoms with E-state index in [1.165, 1.54) is 6.07 Å². The second kappa shape index (κ2) is 7.51. The first-order valence-corrected chi connectivity index (χ1v) is 11.9. The molecule has 2 aromatic heterocycles. The van der Waals surface area contributed by atoms with Crippen LogP contribution in [0.2, 0.25) is 0 Å². The van der Waals surface area contributed by atoms with Crippen molar-refractivity contribution in [2.75, 3.05) is 0 Å². The SMILES string of the molecule is CC(C)c1nc2c(c3c1[C@@H](c1ccc(C(F)(F)F)cn1)OC31CCCC1)[C@@H](O)CC(C)(C)C2. The Morgan fingerprint density at radius 1 is 1.12 bits per heavy atom. The van der Waals surface area contributed by atoms with E-state index in [1.54, 1.807) is 0 Å². The van der Waals surface area contributed by atoms with Crippen molar-refractivity contribution in [3.05, 3.63) is 57.7 Å². The molecular formula is C26H31F3N2O2. The molecule has 1 saturated carbocycles. The first-order valence-electron chi connectivity index (χ1n) is 11.9. The molecular weight excluding hydrogens is 429 g/mol. The number of halogens is 3. The summed E-state index contributed by atoms with van der Waals surface area (Å²) >= 11 is 0. The van der Waals surface area contributed by atoms with Crippen molar-refractivity contribution in [1.29, 1.82) is 0 Å². The van der Waals surface area contributed by atoms with Crippen molar-refractivity contribution in [1.82, 2.24) is 9.97 Å². The molecule has 0 unspecified atom stereocenters. The van der Waals surface area contributed by atoms with Gasteiger partial charge < -0.3 is 9.84 Å². The molecule has 4 nitrogen and oxygen atoms in total. The lowest BCUT2D eigenvalue weighted by Gasteiger charge is -2.38. The summed E-state index contributed by atoms with van der Waals surface area (Å²) in [4.78, 5) is 9.27. The Morgan fingerprint density at radius 2 is 1.82 bits per heavy atom. The first kappa shape index (κ1) is 22.8. The van der Waals surface area contributed by atoms with Gasteiger partial charge in [0.1, 0.15) is 6.10 Å². The van der Waals surface area contributed by atoms with Gasteiger partial charge in [-0.15, -0.1) is 0 Å². The third-order valence-corrected chi connectivity index (χ3v) is 7.51. The number of fused-ring (bicyclic) bond motifs is 4. The molecule has 0 aromatic carbocycles. The van der Waals surface area contributed by atoms with Crippen LogP contribution < -0.4 is 0 Å². The number of aliphatic hydroxyl groups excluding tert-OH is 1. The van der Waals surface area contributed by atoms with Crippen molar-refractivity contribution in [2.24, 2.45) is 5.41 Å². The van der Waals surface area contributed by atoms with Gasteiger partial charge in [0.25, 0.3) is 0 Å². The number of hydrogen-bond donors (Lipinski definition) is 1. The van der Waals surface area contributed by atoms with E-state index < -0.39 is 29.5 Å². The zero-order chi connectivity index (χ0) is 23.8. The first-order chi connectivity index (χ1) is 15.4. The summed E-state index contributed by atoms with van der Waals surface area (Å²) in [5.41, 5.74) is 3.79. The van der Waals surface area contributed by atoms with E-state index in [-0.39, 0.29) is 11.3 Å². The molecule has 178 valence electrons. The molecule has 3 aliphatic rings. The fourth-order valence-corrected chi connectivity index (χ4v) is 6.12. The molecule has 33 heavy (non-hydrogen) atoms. The third-order valence-electron chi connectivity index (χ3n) is 7.51. The van der Waals surface area contributed by atoms with Gasteiger partial charge in [0.15, 0.2) is 0 Å². The normalized spacial score (nSPS) is 25.5. The van der Waals surface area contributed by atoms with Crippen LogP contribution in [0.3, 0.4) is 0 Å². The lowest BCUT2D eigenvalue weighted by Crippen LogP contribution is -2.32. The average molecular weight is 461 g/mol. The minimum absolute atomic E-state index is 0.0570. The van der Waals surface area contributed by atoms with Gasteiger partial charge in [0.05, 0.1) is 23.0 Å². The van der Waals surface area contributed by atoms with Crippen molar-refractivity contribution in [3.63, 3.8) is 0 Å². The standard InChI is InChI=1S/C26H31F3N2O2/c1-14(2)22-20-21(19-17(31-22)11-24(3,4)12-18(19)32)25(9-5-6-10-25)33-23(20)16-8-7-15(13-30-16)26(27,28)29/h7-8,13-14,18,23,32H,5-6,9-12H2,1-4H3/t18-,23+/m0/s1. The van der Waals surface area contributed by atoms with Crippen molar-refractivity contribution in [3.8, 4) is 0 Å². The number of hydrogen-bond acceptors (Lipinski definition) is 4. The number of alkyl halides is 3. The van der Waals surface area contributed by atoms with Crippen molar-refractivity contribution in [2.45, 2.75) is 96.1 Å². The summed E-state index contributed by atoms with van der Waals surface area (Å²) in [6.07, 6.45) is 0.362. The van der Waals surface area contributed by atoms with Gasteiger partial charge in [-0.3, -0.25) is 9.97 Å². The lowest BCUT2D eigenvalue weighted by molar-refractivity contribution is -0.137. The lowest BCUT2D eigenvalue weighted by atomic mass is 9.70. The smallest absolute Gasteiger partial charge is 0.388 e. The van der Waals surface area contributed by atoms with E-state index in [9.17, 15) is 18.3 Å². The molecule has 2 atom stereocenters. The molecule has 1 fully saturated rings. The van der Waals surface area contributed by atoms with Crippen molar-refractivity contribution < 1.29 is 23.0 Å². The summed E-state index contributed by atoms with van der Waals surface area (Å²) in [6.45, 7) is 8.46. The van der Waals surface area contributed by atoms with Gasteiger partial charge in [-0.2, -0.15) is 13.2 Å². The summed E-state index contributed by atoms with van der Waals surface area (Å²) in [7, 11) is 0. The number of ether oxygens (including phenoxy) is 1. The highest BCUT2D eigenvalue weighted by atomic mass is 19.4. The van der Waals surface area contributed by atoms with E-state index in [0.29, 0.717) is 12.1 Å². The van der Waals surface area contributed by atoms with Crippen LogP contribution in [0.15, 0.2) is 18.3 Å². The fraction of sp³-hybridized carbons (Fsp3) is 0.615. The molecule has 0 bridgehead atoms. The van der Waals surface area contributed by atoms with E-state index >= 15 is 0 Å². The molecule has 7 heteroatoms. The molecule has 2 aromatic rings. The summed E-state index contributed by atoms with van der Waals surface area (Å²) in [5, 5.41) is 11.3. The van der Waals surface area contributed by atoms with Crippen LogP contribution in [0.25, 0.3) is 0 Å². The quantitative estimate of drug-likeness (QED) is 0.555. The fourth-order valence-electron chi connectivity index (χ4n) is 6.12. The van der Waals surface area contributed by atoms with Gasteiger partial charge >= 0.3 is 6.18 Å². The van der Waals surface area contributed by atoms with Crippen LogP contribution >= 0.6 is 0 Å². The molecule has 0 radical (unpaired) electrons. The van der Waals surface area contributed by atoms with Gasteiger partial charge in [0.2, 0.25) is 0 Å². The predicted molar refractivity (Wildman–Crippen MR) is 118 cm³/mol. The monoisotopic (exact) mass is 460 g/mol. The molecule has 1 spiro atoms. The highest BCUT2D eigenvalue weighted by Crippen LogP contribution is 2.59. The highest BCUT2D eigenvalue weighted by Gasteiger charge is 2.53. The van der Waals surface area contributed by atoms with E-state index in [2.05, 4.69) is 32.7 Å². The average Bonchev–Trinajstić information content (AvgIpc) is 3.31. The third kappa shape index (κ3) is 3.68. The highest BCUT2D eigenvalue weighted by molar-refractivity contribution is 5.54. The second-order valence-electron chi connectivity index (χ2n) is 11.0. The Labute approximate surface area is 192 Å². The van der Waals surface area contributed by atoms with Crippen LogP contribution in [0.4, 0.5) is 13.2 Å². The van der Waals surface area contributed by atoms with Gasteiger partial charge in [-0.05, 0) is 54.7 Å². The largest absolute Gasteiger partial charge is 0.417 e. The van der Waals surface area contributed by atoms with Gasteiger partial charge in [-0.1, -0.05) is 40.5 Å². The predicted octanol–water partition coefficient (Wildman–Crippen LogP) is 6.51. The number of aliphatic hydroxyl groups is 1. The maximum atomic E-state index is 13.1. The van der Waals surface area contributed by atoms with Crippen LogP contribution in [-0.2, 0) is 22.9 Å². The van der Waals surface area contributed by atoms with Crippen molar-refractivity contribution >= 4 is 0 Å². The Kier molecular flexibility index (Phi) is 5.18. The van der Waals surface area contributed by atoms with Gasteiger partial charge in [0, 0.05) is 28.7 Å². The minimum Gasteiger partial charge on any atom is -0.388 e. The van der Waals surface area contributed by atoms with Crippen LogP contribution in [0.5, 0.6) is 0 Å². The number of aromatic nitrogens is 2. The van der Waals surface area contributed by atoms with E-state index in [4.69, 9.17) is 9.72 Å². The molecule has 3 heterocycles. The molecule has 0 saturated heterocycles. The summed E-state index contributed by atoms with van der Waals surface area (Å²) < 4.78 is 46.1. The van der Waals surface area contributed by atoms with E-state index in [1.807, 2.05) is 0 Å². The Bertz CT molecular complexity index is 1070. The zero-order valence-corrected chi connectivity index (χ0v) is 19.6. The van der Waals surface area contributed by atoms with Crippen LogP contribution in [0, 0.1) is 5.41 Å². The molecule has 5 rings (SSSR count). The second-order valence-corrected chi connectivity index (χ2v) is 11.0. The molecule has 2 aliphatic carbocycles. The Balaban J connectivity index is 1.73. The Hall–Kier alpha value is -1.99. The number of nitrogens with zero attached hydrogens (tertiary/aromatic N) is 2. The maximum absolute atomic E-state index is 13.1. The summed E-state index contributed by atoms with van der Waals surface area (Å²) in [5.74, 6) is 0.100. The zero-order valence-electron chi connectivity index (χ0n) is 19.6. The van der Waals surface area contributed by atoms with Crippen LogP contribution in [-0.4, -0.2) is 15.1 Å². The number of rotatable bonds is 2. The maximum Gasteiger partial charge on any atom is 0.417 e. The molecule has 0 amide bonds. The summed E-state index contributed by atoms with van der Waals surface area (Å²) in [6, 6.07) is 2.50. The molecule has 1 N–H and O–H groups in total. The minimum atomic E-state index is -4.44. The Morgan fingerprint density at radius 3 is 2.39 bits per heavy atom. The van der Waals surface area contributed by atoms with Gasteiger partial charge in [-0.25, -0.2) is 0 Å². The molecule has 1 aliphatic heterocycles.